The summed E-state index contributed by atoms with van der Waals surface area (Å²) in [5.74, 6) is 0. The molecule has 1 aromatic rings. The molecule has 114 valence electrons. The zero-order valence-electron chi connectivity index (χ0n) is 14.1. The van der Waals surface area contributed by atoms with Crippen molar-refractivity contribution in [2.24, 2.45) is 0 Å². The second kappa shape index (κ2) is 8.46. The van der Waals surface area contributed by atoms with E-state index in [1.807, 2.05) is 0 Å². The number of nitrogens with one attached hydrogen (secondary N) is 1. The van der Waals surface area contributed by atoms with Crippen LogP contribution in [0.4, 0.5) is 0 Å². The van der Waals surface area contributed by atoms with Crippen LogP contribution >= 0.6 is 0 Å². The van der Waals surface area contributed by atoms with Crippen molar-refractivity contribution in [2.75, 3.05) is 0 Å². The van der Waals surface area contributed by atoms with Crippen molar-refractivity contribution in [1.29, 1.82) is 0 Å². The first-order valence-electron chi connectivity index (χ1n) is 8.26. The van der Waals surface area contributed by atoms with Crippen LogP contribution in [-0.2, 0) is 12.0 Å². The van der Waals surface area contributed by atoms with Crippen LogP contribution < -0.4 is 5.32 Å². The van der Waals surface area contributed by atoms with E-state index in [4.69, 9.17) is 0 Å². The average molecular weight is 275 g/mol. The molecule has 1 atom stereocenters. The van der Waals surface area contributed by atoms with Crippen LogP contribution in [0.2, 0.25) is 0 Å². The molecule has 1 aromatic carbocycles. The van der Waals surface area contributed by atoms with Crippen molar-refractivity contribution < 1.29 is 0 Å². The second-order valence-corrected chi connectivity index (χ2v) is 7.08. The van der Waals surface area contributed by atoms with Crippen LogP contribution in [0.5, 0.6) is 0 Å². The molecule has 1 heteroatoms. The number of hydrogen-bond acceptors (Lipinski definition) is 1. The first-order chi connectivity index (χ1) is 9.43. The number of hydrogen-bond donors (Lipinski definition) is 1. The van der Waals surface area contributed by atoms with Gasteiger partial charge < -0.3 is 5.32 Å². The topological polar surface area (TPSA) is 12.0 Å². The van der Waals surface area contributed by atoms with E-state index in [-0.39, 0.29) is 5.41 Å². The summed E-state index contributed by atoms with van der Waals surface area (Å²) in [6.45, 7) is 12.3. The van der Waals surface area contributed by atoms with Gasteiger partial charge in [0.25, 0.3) is 0 Å². The Bertz CT molecular complexity index is 358. The lowest BCUT2D eigenvalue weighted by Crippen LogP contribution is -2.25. The van der Waals surface area contributed by atoms with Crippen molar-refractivity contribution in [3.8, 4) is 0 Å². The summed E-state index contributed by atoms with van der Waals surface area (Å²) in [6.07, 6.45) is 6.72. The Balaban J connectivity index is 2.31. The van der Waals surface area contributed by atoms with Gasteiger partial charge in [-0.1, -0.05) is 77.6 Å². The molecule has 0 aliphatic carbocycles. The largest absolute Gasteiger partial charge is 0.310 e. The molecule has 0 aromatic heterocycles. The Morgan fingerprint density at radius 2 is 1.65 bits per heavy atom. The van der Waals surface area contributed by atoms with E-state index in [1.165, 1.54) is 43.2 Å². The Hall–Kier alpha value is -0.820. The summed E-state index contributed by atoms with van der Waals surface area (Å²) < 4.78 is 0. The molecule has 0 bridgehead atoms. The smallest absolute Gasteiger partial charge is 0.0207 e. The summed E-state index contributed by atoms with van der Waals surface area (Å²) in [7, 11) is 0. The zero-order chi connectivity index (χ0) is 15.0. The van der Waals surface area contributed by atoms with E-state index in [0.29, 0.717) is 6.04 Å². The second-order valence-electron chi connectivity index (χ2n) is 7.08. The van der Waals surface area contributed by atoms with Crippen molar-refractivity contribution in [3.05, 3.63) is 35.4 Å². The predicted molar refractivity (Wildman–Crippen MR) is 90.2 cm³/mol. The fraction of sp³-hybridized carbons (Fsp3) is 0.684. The van der Waals surface area contributed by atoms with Gasteiger partial charge in [0.05, 0.1) is 0 Å². The summed E-state index contributed by atoms with van der Waals surface area (Å²) in [5.41, 5.74) is 3.05. The summed E-state index contributed by atoms with van der Waals surface area (Å²) >= 11 is 0. The maximum atomic E-state index is 3.63. The SMILES string of the molecule is CCCCCCC(C)NCc1ccc(C(C)(C)C)cc1. The van der Waals surface area contributed by atoms with E-state index in [0.717, 1.165) is 6.54 Å². The summed E-state index contributed by atoms with van der Waals surface area (Å²) in [6, 6.07) is 9.68. The highest BCUT2D eigenvalue weighted by molar-refractivity contribution is 5.27. The molecule has 0 spiro atoms. The standard InChI is InChI=1S/C19H33N/c1-6-7-8-9-10-16(2)20-15-17-11-13-18(14-12-17)19(3,4)5/h11-14,16,20H,6-10,15H2,1-5H3. The highest BCUT2D eigenvalue weighted by Gasteiger charge is 2.12. The van der Waals surface area contributed by atoms with E-state index in [1.54, 1.807) is 0 Å². The van der Waals surface area contributed by atoms with Crippen LogP contribution in [0.25, 0.3) is 0 Å². The van der Waals surface area contributed by atoms with Crippen molar-refractivity contribution in [1.82, 2.24) is 5.32 Å². The van der Waals surface area contributed by atoms with E-state index in [9.17, 15) is 0 Å². The molecular weight excluding hydrogens is 242 g/mol. The Morgan fingerprint density at radius 3 is 2.20 bits per heavy atom. The van der Waals surface area contributed by atoms with Gasteiger partial charge in [-0.2, -0.15) is 0 Å². The minimum Gasteiger partial charge on any atom is -0.310 e. The van der Waals surface area contributed by atoms with Gasteiger partial charge >= 0.3 is 0 Å². The minimum absolute atomic E-state index is 0.249. The van der Waals surface area contributed by atoms with Gasteiger partial charge in [0.1, 0.15) is 0 Å². The van der Waals surface area contributed by atoms with Gasteiger partial charge in [-0.3, -0.25) is 0 Å². The van der Waals surface area contributed by atoms with Gasteiger partial charge in [-0.15, -0.1) is 0 Å². The number of rotatable bonds is 8. The third-order valence-electron chi connectivity index (χ3n) is 3.97. The maximum absolute atomic E-state index is 3.63. The monoisotopic (exact) mass is 275 g/mol. The molecule has 20 heavy (non-hydrogen) atoms. The summed E-state index contributed by atoms with van der Waals surface area (Å²) in [4.78, 5) is 0. The molecular formula is C19H33N. The van der Waals surface area contributed by atoms with Crippen LogP contribution in [-0.4, -0.2) is 6.04 Å². The molecule has 0 radical (unpaired) electrons. The molecule has 0 aliphatic rings. The minimum atomic E-state index is 0.249. The Morgan fingerprint density at radius 1 is 1.00 bits per heavy atom. The van der Waals surface area contributed by atoms with Crippen molar-refractivity contribution >= 4 is 0 Å². The quantitative estimate of drug-likeness (QED) is 0.624. The van der Waals surface area contributed by atoms with Gasteiger partial charge in [0, 0.05) is 12.6 Å². The van der Waals surface area contributed by atoms with Gasteiger partial charge in [-0.25, -0.2) is 0 Å². The van der Waals surface area contributed by atoms with E-state index < -0.39 is 0 Å². The third kappa shape index (κ3) is 6.56. The lowest BCUT2D eigenvalue weighted by atomic mass is 9.87. The lowest BCUT2D eigenvalue weighted by Gasteiger charge is -2.19. The lowest BCUT2D eigenvalue weighted by molar-refractivity contribution is 0.482. The fourth-order valence-electron chi connectivity index (χ4n) is 2.39. The van der Waals surface area contributed by atoms with E-state index in [2.05, 4.69) is 64.2 Å². The molecule has 1 N–H and O–H groups in total. The molecule has 1 rings (SSSR count). The molecule has 0 saturated heterocycles. The van der Waals surface area contributed by atoms with Gasteiger partial charge in [0.15, 0.2) is 0 Å². The van der Waals surface area contributed by atoms with Gasteiger partial charge in [-0.05, 0) is 29.9 Å². The first-order valence-corrected chi connectivity index (χ1v) is 8.26. The Labute approximate surface area is 126 Å². The molecule has 0 heterocycles. The molecule has 0 saturated carbocycles. The van der Waals surface area contributed by atoms with Crippen LogP contribution in [0, 0.1) is 0 Å². The highest BCUT2D eigenvalue weighted by atomic mass is 14.9. The van der Waals surface area contributed by atoms with Crippen molar-refractivity contribution in [3.63, 3.8) is 0 Å². The molecule has 0 aliphatic heterocycles. The average Bonchev–Trinajstić information content (AvgIpc) is 2.41. The molecule has 1 unspecified atom stereocenters. The number of unbranched alkanes of at least 4 members (excludes halogenated alkanes) is 3. The maximum Gasteiger partial charge on any atom is 0.0207 e. The van der Waals surface area contributed by atoms with Crippen LogP contribution in [0.3, 0.4) is 0 Å². The van der Waals surface area contributed by atoms with Crippen LogP contribution in [0.15, 0.2) is 24.3 Å². The molecule has 0 fully saturated rings. The Kier molecular flexibility index (Phi) is 7.29. The summed E-state index contributed by atoms with van der Waals surface area (Å²) in [5, 5.41) is 3.63. The number of benzene rings is 1. The van der Waals surface area contributed by atoms with E-state index >= 15 is 0 Å². The zero-order valence-corrected chi connectivity index (χ0v) is 14.1. The van der Waals surface area contributed by atoms with Gasteiger partial charge in [0.2, 0.25) is 0 Å². The third-order valence-corrected chi connectivity index (χ3v) is 3.97. The fourth-order valence-corrected chi connectivity index (χ4v) is 2.39. The first kappa shape index (κ1) is 17.2. The predicted octanol–water partition coefficient (Wildman–Crippen LogP) is 5.43. The highest BCUT2D eigenvalue weighted by Crippen LogP contribution is 2.22. The molecule has 0 amide bonds. The molecule has 1 nitrogen and oxygen atoms in total. The normalized spacial score (nSPS) is 13.4. The van der Waals surface area contributed by atoms with Crippen LogP contribution in [0.1, 0.15) is 77.8 Å². The van der Waals surface area contributed by atoms with Crippen molar-refractivity contribution in [2.45, 2.75) is 84.7 Å².